The first-order valence-electron chi connectivity index (χ1n) is 6.94. The van der Waals surface area contributed by atoms with Gasteiger partial charge in [-0.05, 0) is 18.3 Å². The second-order valence-corrected chi connectivity index (χ2v) is 5.54. The zero-order chi connectivity index (χ0) is 14.0. The average molecular weight is 244 g/mol. The lowest BCUT2D eigenvalue weighted by Gasteiger charge is -2.21. The summed E-state index contributed by atoms with van der Waals surface area (Å²) in [6.45, 7) is 14.9. The Morgan fingerprint density at radius 3 is 1.41 bits per heavy atom. The maximum atomic E-state index is 11.7. The molecule has 2 nitrogen and oxygen atoms in total. The third-order valence-corrected chi connectivity index (χ3v) is 3.41. The van der Waals surface area contributed by atoms with E-state index < -0.39 is 0 Å². The standard InChI is InChI=1S/C11H22O.C4H10O/c1-7(2)9(5)11(12)10(6)8(3)4;1-2-3-4-5/h7-10H,1-6H3;5H,2-4H2,1H3. The zero-order valence-electron chi connectivity index (χ0n) is 12.8. The first-order valence-corrected chi connectivity index (χ1v) is 6.94. The highest BCUT2D eigenvalue weighted by atomic mass is 16.2. The van der Waals surface area contributed by atoms with Crippen molar-refractivity contribution in [3.63, 3.8) is 0 Å². The maximum absolute atomic E-state index is 11.7. The van der Waals surface area contributed by atoms with Crippen LogP contribution in [0, 0.1) is 23.7 Å². The number of aliphatic hydroxyl groups excluding tert-OH is 1. The first-order chi connectivity index (χ1) is 7.79. The number of rotatable bonds is 6. The minimum atomic E-state index is 0.211. The van der Waals surface area contributed by atoms with Crippen molar-refractivity contribution in [3.05, 3.63) is 0 Å². The van der Waals surface area contributed by atoms with Crippen LogP contribution < -0.4 is 0 Å². The number of carbonyl (C=O) groups excluding carboxylic acids is 1. The van der Waals surface area contributed by atoms with Gasteiger partial charge >= 0.3 is 0 Å². The van der Waals surface area contributed by atoms with Gasteiger partial charge < -0.3 is 5.11 Å². The van der Waals surface area contributed by atoms with Crippen molar-refractivity contribution in [2.45, 2.75) is 61.3 Å². The predicted octanol–water partition coefficient (Wildman–Crippen LogP) is 3.92. The summed E-state index contributed by atoms with van der Waals surface area (Å²) >= 11 is 0. The van der Waals surface area contributed by atoms with Gasteiger partial charge in [-0.25, -0.2) is 0 Å². The fraction of sp³-hybridized carbons (Fsp3) is 0.933. The summed E-state index contributed by atoms with van der Waals surface area (Å²) in [5, 5.41) is 8.07. The Morgan fingerprint density at radius 1 is 0.941 bits per heavy atom. The molecule has 0 aromatic heterocycles. The van der Waals surface area contributed by atoms with Crippen molar-refractivity contribution >= 4 is 5.78 Å². The molecule has 2 unspecified atom stereocenters. The molecule has 0 aliphatic rings. The average Bonchev–Trinajstić information content (AvgIpc) is 2.27. The summed E-state index contributed by atoms with van der Waals surface area (Å²) in [5.74, 6) is 1.78. The molecular weight excluding hydrogens is 212 g/mol. The third kappa shape index (κ3) is 9.34. The number of ketones is 1. The van der Waals surface area contributed by atoms with E-state index >= 15 is 0 Å². The van der Waals surface area contributed by atoms with Crippen LogP contribution in [0.4, 0.5) is 0 Å². The number of hydrogen-bond donors (Lipinski definition) is 1. The van der Waals surface area contributed by atoms with Crippen molar-refractivity contribution in [3.8, 4) is 0 Å². The molecule has 0 aliphatic heterocycles. The number of unbranched alkanes of at least 4 members (excludes halogenated alkanes) is 1. The largest absolute Gasteiger partial charge is 0.396 e. The first kappa shape index (κ1) is 19.0. The zero-order valence-corrected chi connectivity index (χ0v) is 12.8. The summed E-state index contributed by atoms with van der Waals surface area (Å²) in [7, 11) is 0. The van der Waals surface area contributed by atoms with Gasteiger partial charge in [-0.1, -0.05) is 54.9 Å². The third-order valence-electron chi connectivity index (χ3n) is 3.41. The lowest BCUT2D eigenvalue weighted by atomic mass is 9.82. The lowest BCUT2D eigenvalue weighted by molar-refractivity contribution is -0.128. The Bertz CT molecular complexity index is 167. The lowest BCUT2D eigenvalue weighted by Crippen LogP contribution is -2.26. The minimum absolute atomic E-state index is 0.211. The van der Waals surface area contributed by atoms with E-state index in [1.165, 1.54) is 0 Å². The number of carbonyl (C=O) groups is 1. The molecule has 1 N–H and O–H groups in total. The molecule has 0 fully saturated rings. The molecule has 0 spiro atoms. The molecule has 0 aromatic rings. The molecule has 0 saturated carbocycles. The number of Topliss-reactive ketones (excluding diaryl/α,β-unsaturated/α-hetero) is 1. The molecule has 0 saturated heterocycles. The van der Waals surface area contributed by atoms with E-state index in [-0.39, 0.29) is 11.8 Å². The highest BCUT2D eigenvalue weighted by Crippen LogP contribution is 2.20. The molecule has 0 rings (SSSR count). The minimum Gasteiger partial charge on any atom is -0.396 e. The molecule has 0 bridgehead atoms. The summed E-state index contributed by atoms with van der Waals surface area (Å²) in [4.78, 5) is 11.7. The Morgan fingerprint density at radius 2 is 1.29 bits per heavy atom. The van der Waals surface area contributed by atoms with Gasteiger partial charge in [0.15, 0.2) is 0 Å². The second kappa shape index (κ2) is 10.8. The number of aliphatic hydroxyl groups is 1. The van der Waals surface area contributed by atoms with Gasteiger partial charge in [-0.3, -0.25) is 4.79 Å². The van der Waals surface area contributed by atoms with Crippen molar-refractivity contribution in [1.29, 1.82) is 0 Å². The van der Waals surface area contributed by atoms with E-state index in [2.05, 4.69) is 34.6 Å². The highest BCUT2D eigenvalue weighted by molar-refractivity contribution is 5.83. The van der Waals surface area contributed by atoms with Gasteiger partial charge in [0.25, 0.3) is 0 Å². The molecule has 0 aromatic carbocycles. The molecular formula is C15H32O2. The van der Waals surface area contributed by atoms with Gasteiger partial charge in [0.1, 0.15) is 5.78 Å². The van der Waals surface area contributed by atoms with E-state index in [9.17, 15) is 4.79 Å². The summed E-state index contributed by atoms with van der Waals surface area (Å²) in [6.07, 6.45) is 2.04. The van der Waals surface area contributed by atoms with E-state index in [0.717, 1.165) is 12.8 Å². The van der Waals surface area contributed by atoms with Crippen molar-refractivity contribution in [2.24, 2.45) is 23.7 Å². The Kier molecular flexibility index (Phi) is 12.0. The normalized spacial score (nSPS) is 14.2. The van der Waals surface area contributed by atoms with Crippen LogP contribution >= 0.6 is 0 Å². The van der Waals surface area contributed by atoms with Crippen LogP contribution in [0.25, 0.3) is 0 Å². The van der Waals surface area contributed by atoms with Crippen molar-refractivity contribution in [1.82, 2.24) is 0 Å². The van der Waals surface area contributed by atoms with E-state index in [0.29, 0.717) is 24.2 Å². The predicted molar refractivity (Wildman–Crippen MR) is 75.0 cm³/mol. The smallest absolute Gasteiger partial charge is 0.138 e. The highest BCUT2D eigenvalue weighted by Gasteiger charge is 2.24. The molecule has 0 aliphatic carbocycles. The Labute approximate surface area is 108 Å². The van der Waals surface area contributed by atoms with Gasteiger partial charge in [0.05, 0.1) is 0 Å². The quantitative estimate of drug-likeness (QED) is 0.769. The Balaban J connectivity index is 0. The van der Waals surface area contributed by atoms with Crippen LogP contribution in [0.1, 0.15) is 61.3 Å². The summed E-state index contributed by atoms with van der Waals surface area (Å²) in [5.41, 5.74) is 0. The molecule has 17 heavy (non-hydrogen) atoms. The molecule has 2 atom stereocenters. The van der Waals surface area contributed by atoms with Crippen LogP contribution in [0.15, 0.2) is 0 Å². The molecule has 0 radical (unpaired) electrons. The number of hydrogen-bond acceptors (Lipinski definition) is 2. The summed E-state index contributed by atoms with van der Waals surface area (Å²) < 4.78 is 0. The second-order valence-electron chi connectivity index (χ2n) is 5.54. The van der Waals surface area contributed by atoms with Crippen molar-refractivity contribution in [2.75, 3.05) is 6.61 Å². The Hall–Kier alpha value is -0.370. The van der Waals surface area contributed by atoms with Crippen LogP contribution in [0.2, 0.25) is 0 Å². The van der Waals surface area contributed by atoms with Crippen LogP contribution in [0.3, 0.4) is 0 Å². The van der Waals surface area contributed by atoms with Crippen LogP contribution in [-0.2, 0) is 4.79 Å². The monoisotopic (exact) mass is 244 g/mol. The maximum Gasteiger partial charge on any atom is 0.138 e. The fourth-order valence-electron chi connectivity index (χ4n) is 1.23. The molecule has 104 valence electrons. The van der Waals surface area contributed by atoms with Crippen LogP contribution in [0.5, 0.6) is 0 Å². The van der Waals surface area contributed by atoms with E-state index in [1.54, 1.807) is 0 Å². The van der Waals surface area contributed by atoms with Gasteiger partial charge in [-0.15, -0.1) is 0 Å². The SMILES string of the molecule is CC(C)C(C)C(=O)C(C)C(C)C.CCCCO. The van der Waals surface area contributed by atoms with Gasteiger partial charge in [0.2, 0.25) is 0 Å². The topological polar surface area (TPSA) is 37.3 Å². The van der Waals surface area contributed by atoms with E-state index in [1.807, 2.05) is 13.8 Å². The molecule has 0 amide bonds. The fourth-order valence-corrected chi connectivity index (χ4v) is 1.23. The summed E-state index contributed by atoms with van der Waals surface area (Å²) in [6, 6.07) is 0. The van der Waals surface area contributed by atoms with E-state index in [4.69, 9.17) is 5.11 Å². The molecule has 2 heteroatoms. The van der Waals surface area contributed by atoms with Gasteiger partial charge in [0, 0.05) is 18.4 Å². The van der Waals surface area contributed by atoms with Crippen molar-refractivity contribution < 1.29 is 9.90 Å². The van der Waals surface area contributed by atoms with Crippen LogP contribution in [-0.4, -0.2) is 17.5 Å². The van der Waals surface area contributed by atoms with Gasteiger partial charge in [-0.2, -0.15) is 0 Å². The molecule has 0 heterocycles.